The molecule has 0 aliphatic carbocycles. The Bertz CT molecular complexity index is 1420. The van der Waals surface area contributed by atoms with Gasteiger partial charge >= 0.3 is 47.7 Å². The van der Waals surface area contributed by atoms with E-state index in [0.717, 1.165) is 38.3 Å². The quantitative estimate of drug-likeness (QED) is 0.121. The maximum absolute atomic E-state index is 14.2. The summed E-state index contributed by atoms with van der Waals surface area (Å²) in [6, 6.07) is 4.15. The highest BCUT2D eigenvalue weighted by molar-refractivity contribution is 5.99. The van der Waals surface area contributed by atoms with Crippen LogP contribution in [0.2, 0.25) is 0 Å². The third-order valence-electron chi connectivity index (χ3n) is 6.45. The summed E-state index contributed by atoms with van der Waals surface area (Å²) >= 11 is 0. The number of nitro groups is 1. The van der Waals surface area contributed by atoms with E-state index < -0.39 is 88.4 Å². The summed E-state index contributed by atoms with van der Waals surface area (Å²) in [5, 5.41) is 13.8. The summed E-state index contributed by atoms with van der Waals surface area (Å²) in [4.78, 5) is 35.9. The number of hydrogen-bond acceptors (Lipinski definition) is 7. The smallest absolute Gasteiger partial charge is 0.460 e. The Hall–Kier alpha value is -4.07. The Morgan fingerprint density at radius 1 is 0.822 bits per heavy atom. The van der Waals surface area contributed by atoms with Gasteiger partial charge in [0.1, 0.15) is 0 Å². The topological polar surface area (TPSA) is 108 Å². The van der Waals surface area contributed by atoms with E-state index in [1.807, 2.05) is 0 Å². The van der Waals surface area contributed by atoms with E-state index in [4.69, 9.17) is 0 Å². The van der Waals surface area contributed by atoms with E-state index in [-0.39, 0.29) is 17.0 Å². The minimum Gasteiger partial charge on any atom is -0.466 e. The number of halogens is 13. The molecule has 1 aromatic carbocycles. The van der Waals surface area contributed by atoms with Crippen molar-refractivity contribution in [2.24, 2.45) is 0 Å². The Kier molecular flexibility index (Phi) is 9.92. The average Bonchev–Trinajstić information content (AvgIpc) is 2.90. The van der Waals surface area contributed by atoms with Gasteiger partial charge in [-0.05, 0) is 19.4 Å². The van der Waals surface area contributed by atoms with Gasteiger partial charge in [0.15, 0.2) is 0 Å². The predicted molar refractivity (Wildman–Crippen MR) is 123 cm³/mol. The lowest BCUT2D eigenvalue weighted by Crippen LogP contribution is -2.70. The van der Waals surface area contributed by atoms with Crippen molar-refractivity contribution in [2.45, 2.75) is 62.0 Å². The zero-order chi connectivity index (χ0) is 35.1. The normalized spacial score (nSPS) is 17.2. The Balaban J connectivity index is 2.44. The molecule has 0 aromatic heterocycles. The van der Waals surface area contributed by atoms with Gasteiger partial charge in [-0.25, -0.2) is 9.59 Å². The molecule has 1 aliphatic rings. The van der Waals surface area contributed by atoms with Crippen molar-refractivity contribution in [2.75, 3.05) is 13.7 Å². The van der Waals surface area contributed by atoms with Crippen LogP contribution in [0.15, 0.2) is 46.8 Å². The number of non-ortho nitro benzene ring substituents is 1. The zero-order valence-corrected chi connectivity index (χ0v) is 22.6. The van der Waals surface area contributed by atoms with Crippen molar-refractivity contribution < 1.29 is 81.1 Å². The van der Waals surface area contributed by atoms with E-state index in [9.17, 15) is 76.8 Å². The van der Waals surface area contributed by atoms with Gasteiger partial charge in [0.25, 0.3) is 5.69 Å². The van der Waals surface area contributed by atoms with Gasteiger partial charge in [0.2, 0.25) is 0 Å². The molecule has 8 nitrogen and oxygen atoms in total. The fourth-order valence-corrected chi connectivity index (χ4v) is 4.11. The molecule has 0 fully saturated rings. The van der Waals surface area contributed by atoms with Gasteiger partial charge in [-0.2, -0.15) is 57.1 Å². The number of carbonyl (C=O) groups is 2. The van der Waals surface area contributed by atoms with Crippen LogP contribution < -0.4 is 5.32 Å². The highest BCUT2D eigenvalue weighted by Gasteiger charge is 2.90. The molecule has 21 heteroatoms. The number of nitrogens with one attached hydrogen (secondary N) is 1. The molecule has 2 rings (SSSR count). The molecule has 1 aromatic rings. The zero-order valence-electron chi connectivity index (χ0n) is 22.6. The van der Waals surface area contributed by atoms with Crippen LogP contribution in [0.3, 0.4) is 0 Å². The van der Waals surface area contributed by atoms with Crippen LogP contribution >= 0.6 is 0 Å². The van der Waals surface area contributed by atoms with Crippen LogP contribution in [0, 0.1) is 10.1 Å². The lowest BCUT2D eigenvalue weighted by atomic mass is 9.80. The van der Waals surface area contributed by atoms with Crippen LogP contribution in [0.4, 0.5) is 62.8 Å². The van der Waals surface area contributed by atoms with Gasteiger partial charge in [0.05, 0.1) is 42.1 Å². The second-order valence-electron chi connectivity index (χ2n) is 9.36. The summed E-state index contributed by atoms with van der Waals surface area (Å²) < 4.78 is 183. The number of nitro benzene ring substituents is 1. The number of allylic oxidation sites excluding steroid dienone is 2. The molecule has 0 amide bonds. The molecule has 0 saturated heterocycles. The van der Waals surface area contributed by atoms with Crippen molar-refractivity contribution in [3.63, 3.8) is 0 Å². The first-order valence-electron chi connectivity index (χ1n) is 11.8. The van der Waals surface area contributed by atoms with Crippen molar-refractivity contribution >= 4 is 17.6 Å². The number of benzene rings is 1. The minimum atomic E-state index is -8.09. The van der Waals surface area contributed by atoms with Gasteiger partial charge in [0, 0.05) is 23.5 Å². The lowest BCUT2D eigenvalue weighted by molar-refractivity contribution is -0.440. The number of esters is 2. The highest BCUT2D eigenvalue weighted by Crippen LogP contribution is 2.60. The standard InChI is InChI=1S/C24H19F13N2O6/c1-10-14(17(40)44-3)16(12-5-4-6-13(9-12)39(42)43)15(11(2)38-10)18(41)45-8-7-19(25,26)20(27,28)21(29,30)22(31,32)23(33,34)24(35,36)37/h4-6,9,16,38H,7-8H2,1-3H3. The summed E-state index contributed by atoms with van der Waals surface area (Å²) in [5.41, 5.74) is -2.08. The number of carbonyl (C=O) groups excluding carboxylic acids is 2. The van der Waals surface area contributed by atoms with E-state index in [2.05, 4.69) is 14.8 Å². The first-order chi connectivity index (χ1) is 20.2. The maximum Gasteiger partial charge on any atom is 0.460 e. The van der Waals surface area contributed by atoms with E-state index >= 15 is 0 Å². The van der Waals surface area contributed by atoms with Gasteiger partial charge in [-0.15, -0.1) is 0 Å². The molecule has 0 spiro atoms. The Morgan fingerprint density at radius 2 is 1.31 bits per heavy atom. The van der Waals surface area contributed by atoms with Crippen molar-refractivity contribution in [3.05, 3.63) is 62.5 Å². The predicted octanol–water partition coefficient (Wildman–Crippen LogP) is 6.67. The van der Waals surface area contributed by atoms with Crippen molar-refractivity contribution in [1.29, 1.82) is 0 Å². The molecule has 1 aliphatic heterocycles. The lowest BCUT2D eigenvalue weighted by Gasteiger charge is -2.39. The molecular formula is C24H19F13N2O6. The molecule has 1 atom stereocenters. The van der Waals surface area contributed by atoms with Crippen LogP contribution in [0.5, 0.6) is 0 Å². The van der Waals surface area contributed by atoms with Crippen LogP contribution in [0.1, 0.15) is 31.7 Å². The summed E-state index contributed by atoms with van der Waals surface area (Å²) in [5.74, 6) is -42.6. The largest absolute Gasteiger partial charge is 0.466 e. The van der Waals surface area contributed by atoms with Crippen LogP contribution in [-0.4, -0.2) is 66.4 Å². The third-order valence-corrected chi connectivity index (χ3v) is 6.45. The SMILES string of the molecule is COC(=O)C1=C(C)NC(C)=C(C(=O)OCCC(F)(F)C(F)(F)C(F)(F)C(F)(F)C(F)(F)C(F)(F)F)C1c1cccc([N+](=O)[O-])c1. The van der Waals surface area contributed by atoms with Crippen molar-refractivity contribution in [3.8, 4) is 0 Å². The molecule has 1 heterocycles. The molecule has 45 heavy (non-hydrogen) atoms. The number of methoxy groups -OCH3 is 1. The van der Waals surface area contributed by atoms with E-state index in [1.54, 1.807) is 0 Å². The molecule has 0 radical (unpaired) electrons. The maximum atomic E-state index is 14.2. The molecule has 0 saturated carbocycles. The third kappa shape index (κ3) is 6.24. The number of nitrogens with zero attached hydrogens (tertiary/aromatic N) is 1. The number of dihydropyridines is 1. The highest BCUT2D eigenvalue weighted by atomic mass is 19.4. The fraction of sp³-hybridized carbons (Fsp3) is 0.500. The minimum absolute atomic E-state index is 0.00241. The summed E-state index contributed by atoms with van der Waals surface area (Å²) in [7, 11) is 0.891. The first-order valence-corrected chi connectivity index (χ1v) is 11.8. The first kappa shape index (κ1) is 37.1. The molecule has 0 bridgehead atoms. The Morgan fingerprint density at radius 3 is 1.78 bits per heavy atom. The number of alkyl halides is 13. The summed E-state index contributed by atoms with van der Waals surface area (Å²) in [6.07, 6.45) is -10.4. The second-order valence-corrected chi connectivity index (χ2v) is 9.36. The van der Waals surface area contributed by atoms with Crippen molar-refractivity contribution in [1.82, 2.24) is 5.32 Å². The van der Waals surface area contributed by atoms with E-state index in [0.29, 0.717) is 0 Å². The average molecular weight is 678 g/mol. The fourth-order valence-electron chi connectivity index (χ4n) is 4.11. The number of hydrogen-bond donors (Lipinski definition) is 1. The van der Waals surface area contributed by atoms with E-state index in [1.165, 1.54) is 6.92 Å². The van der Waals surface area contributed by atoms with Crippen LogP contribution in [-0.2, 0) is 19.1 Å². The van der Waals surface area contributed by atoms with Gasteiger partial charge in [-0.3, -0.25) is 10.1 Å². The number of ether oxygens (including phenoxy) is 2. The Labute approximate surface area is 243 Å². The molecule has 1 N–H and O–H groups in total. The number of rotatable bonds is 11. The second kappa shape index (κ2) is 12.0. The summed E-state index contributed by atoms with van der Waals surface area (Å²) in [6.45, 7) is 0.362. The molecule has 1 unspecified atom stereocenters. The molecular weight excluding hydrogens is 659 g/mol. The molecule has 252 valence electrons. The van der Waals surface area contributed by atoms with Gasteiger partial charge < -0.3 is 14.8 Å². The monoisotopic (exact) mass is 678 g/mol. The van der Waals surface area contributed by atoms with Gasteiger partial charge in [-0.1, -0.05) is 12.1 Å². The van der Waals surface area contributed by atoms with Crippen LogP contribution in [0.25, 0.3) is 0 Å².